The molecule has 1 radical (unpaired) electrons. The Morgan fingerprint density at radius 3 is 0.867 bits per heavy atom. The Morgan fingerprint density at radius 1 is 0.600 bits per heavy atom. The van der Waals surface area contributed by atoms with Crippen molar-refractivity contribution in [1.29, 1.82) is 0 Å². The summed E-state index contributed by atoms with van der Waals surface area (Å²) in [5.41, 5.74) is 5.87. The van der Waals surface area contributed by atoms with Crippen molar-refractivity contribution >= 4 is 7.92 Å². The zero-order chi connectivity index (χ0) is 11.5. The summed E-state index contributed by atoms with van der Waals surface area (Å²) in [7, 11) is 0.380. The van der Waals surface area contributed by atoms with E-state index in [0.717, 1.165) is 0 Å². The predicted octanol–water partition coefficient (Wildman–Crippen LogP) is 3.82. The number of hydrogen-bond donors (Lipinski definition) is 0. The molecule has 0 N–H and O–H groups in total. The maximum atomic E-state index is 2.23. The molecule has 1 aliphatic rings. The Labute approximate surface area is 110 Å². The quantitative estimate of drug-likeness (QED) is 0.471. The van der Waals surface area contributed by atoms with Gasteiger partial charge in [-0.15, -0.1) is 7.92 Å². The summed E-state index contributed by atoms with van der Waals surface area (Å²) in [5.74, 6) is 1.47. The van der Waals surface area contributed by atoms with Gasteiger partial charge in [0.15, 0.2) is 0 Å². The molecule has 1 aliphatic carbocycles. The van der Waals surface area contributed by atoms with Gasteiger partial charge < -0.3 is 0 Å². The average molecular weight is 315 g/mol. The van der Waals surface area contributed by atoms with Crippen molar-refractivity contribution < 1.29 is 19.5 Å². The van der Waals surface area contributed by atoms with E-state index in [-0.39, 0.29) is 19.5 Å². The summed E-state index contributed by atoms with van der Waals surface area (Å²) in [5, 5.41) is 0. The van der Waals surface area contributed by atoms with E-state index in [4.69, 9.17) is 0 Å². The van der Waals surface area contributed by atoms with Crippen LogP contribution >= 0.6 is 7.92 Å². The van der Waals surface area contributed by atoms with Gasteiger partial charge >= 0.3 is 19.5 Å². The molecule has 0 aromatic carbocycles. The summed E-state index contributed by atoms with van der Waals surface area (Å²) in [4.78, 5) is 0. The second-order valence-corrected chi connectivity index (χ2v) is 7.15. The normalized spacial score (nSPS) is 16.6. The van der Waals surface area contributed by atoms with Crippen molar-refractivity contribution in [3.05, 3.63) is 28.2 Å². The molecular weight excluding hydrogens is 288 g/mol. The standard InChI is InChI=1S/C10H15.C3H9P.Ru.3H/c1-6-7(2)9(4)10(5)8(6)3;1-4(2)3;;;;/h1-5H3;1-3H3;;;;. The third-order valence-electron chi connectivity index (χ3n) is 2.81. The number of rotatable bonds is 0. The summed E-state index contributed by atoms with van der Waals surface area (Å²) in [6, 6.07) is 0. The van der Waals surface area contributed by atoms with Crippen molar-refractivity contribution in [2.24, 2.45) is 0 Å². The average Bonchev–Trinajstić information content (AvgIpc) is 2.23. The summed E-state index contributed by atoms with van der Waals surface area (Å²) in [6.07, 6.45) is 0. The Bertz CT molecular complexity index is 235. The molecule has 0 spiro atoms. The molecule has 92 valence electrons. The molecule has 0 atom stereocenters. The van der Waals surface area contributed by atoms with Crippen LogP contribution in [0.25, 0.3) is 0 Å². The van der Waals surface area contributed by atoms with Crippen LogP contribution in [0.4, 0.5) is 0 Å². The first kappa shape index (κ1) is 17.9. The SMILES string of the molecule is CP(C)C.C[C]1C(C)=C(C)C(C)=C1C.[RuH3]. The van der Waals surface area contributed by atoms with E-state index in [1.165, 1.54) is 28.2 Å². The van der Waals surface area contributed by atoms with Gasteiger partial charge in [0.1, 0.15) is 0 Å². The van der Waals surface area contributed by atoms with Crippen molar-refractivity contribution in [2.75, 3.05) is 20.0 Å². The Kier molecular flexibility index (Phi) is 9.25. The molecule has 0 saturated heterocycles. The monoisotopic (exact) mass is 316 g/mol. The molecule has 0 heterocycles. The van der Waals surface area contributed by atoms with Crippen LogP contribution in [-0.2, 0) is 19.5 Å². The number of allylic oxidation sites excluding steroid dienone is 4. The predicted molar refractivity (Wildman–Crippen MR) is 74.5 cm³/mol. The van der Waals surface area contributed by atoms with Crippen molar-refractivity contribution in [1.82, 2.24) is 0 Å². The van der Waals surface area contributed by atoms with Gasteiger partial charge in [0.05, 0.1) is 0 Å². The molecule has 0 bridgehead atoms. The van der Waals surface area contributed by atoms with E-state index < -0.39 is 0 Å². The molecule has 0 aromatic heterocycles. The first-order valence-corrected chi connectivity index (χ1v) is 7.77. The van der Waals surface area contributed by atoms with Crippen LogP contribution in [-0.4, -0.2) is 20.0 Å². The molecule has 0 amide bonds. The van der Waals surface area contributed by atoms with Gasteiger partial charge in [-0.2, -0.15) is 0 Å². The molecular formula is C13H27PRu. The fourth-order valence-corrected chi connectivity index (χ4v) is 1.41. The Balaban J connectivity index is 0. The summed E-state index contributed by atoms with van der Waals surface area (Å²) >= 11 is 0. The van der Waals surface area contributed by atoms with E-state index in [1.54, 1.807) is 0 Å². The maximum absolute atomic E-state index is 2.23. The first-order chi connectivity index (χ1) is 6.29. The zero-order valence-electron chi connectivity index (χ0n) is 11.4. The minimum absolute atomic E-state index is 0. The van der Waals surface area contributed by atoms with E-state index in [0.29, 0.717) is 7.92 Å². The van der Waals surface area contributed by atoms with Gasteiger partial charge in [-0.05, 0) is 58.8 Å². The van der Waals surface area contributed by atoms with Crippen LogP contribution in [0, 0.1) is 5.92 Å². The van der Waals surface area contributed by atoms with Crippen molar-refractivity contribution in [3.63, 3.8) is 0 Å². The molecule has 0 aliphatic heterocycles. The molecule has 1 rings (SSSR count). The van der Waals surface area contributed by atoms with E-state index in [9.17, 15) is 0 Å². The minimum atomic E-state index is 0. The van der Waals surface area contributed by atoms with Crippen molar-refractivity contribution in [3.8, 4) is 0 Å². The van der Waals surface area contributed by atoms with Crippen LogP contribution < -0.4 is 0 Å². The molecule has 0 aromatic rings. The van der Waals surface area contributed by atoms with Crippen LogP contribution in [0.1, 0.15) is 34.6 Å². The first-order valence-electron chi connectivity index (χ1n) is 5.09. The molecule has 2 heteroatoms. The zero-order valence-corrected chi connectivity index (χ0v) is 14.5. The number of hydrogen-bond acceptors (Lipinski definition) is 0. The van der Waals surface area contributed by atoms with Gasteiger partial charge in [-0.25, -0.2) is 0 Å². The van der Waals surface area contributed by atoms with E-state index in [1.807, 2.05) is 0 Å². The van der Waals surface area contributed by atoms with Gasteiger partial charge in [-0.1, -0.05) is 18.1 Å². The van der Waals surface area contributed by atoms with Gasteiger partial charge in [0.2, 0.25) is 0 Å². The van der Waals surface area contributed by atoms with Crippen LogP contribution in [0.3, 0.4) is 0 Å². The molecule has 0 fully saturated rings. The summed E-state index contributed by atoms with van der Waals surface area (Å²) in [6.45, 7) is 17.7. The van der Waals surface area contributed by atoms with Crippen LogP contribution in [0.5, 0.6) is 0 Å². The second kappa shape index (κ2) is 7.75. The van der Waals surface area contributed by atoms with E-state index in [2.05, 4.69) is 54.6 Å². The van der Waals surface area contributed by atoms with E-state index >= 15 is 0 Å². The topological polar surface area (TPSA) is 0 Å². The Morgan fingerprint density at radius 2 is 0.800 bits per heavy atom. The fourth-order valence-electron chi connectivity index (χ4n) is 1.41. The third-order valence-corrected chi connectivity index (χ3v) is 2.81. The Hall–Kier alpha value is 0.533. The van der Waals surface area contributed by atoms with Crippen LogP contribution in [0.15, 0.2) is 22.3 Å². The molecule has 0 unspecified atom stereocenters. The van der Waals surface area contributed by atoms with Crippen molar-refractivity contribution in [2.45, 2.75) is 34.6 Å². The molecule has 15 heavy (non-hydrogen) atoms. The summed E-state index contributed by atoms with van der Waals surface area (Å²) < 4.78 is 0. The molecule has 0 saturated carbocycles. The molecule has 0 nitrogen and oxygen atoms in total. The second-order valence-electron chi connectivity index (χ2n) is 4.47. The van der Waals surface area contributed by atoms with Crippen LogP contribution in [0.2, 0.25) is 0 Å². The fraction of sp³-hybridized carbons (Fsp3) is 0.615. The third kappa shape index (κ3) is 5.41. The van der Waals surface area contributed by atoms with Gasteiger partial charge in [0, 0.05) is 5.92 Å². The van der Waals surface area contributed by atoms with Gasteiger partial charge in [-0.3, -0.25) is 0 Å². The van der Waals surface area contributed by atoms with Gasteiger partial charge in [0.25, 0.3) is 0 Å².